The summed E-state index contributed by atoms with van der Waals surface area (Å²) >= 11 is 11.9. The molecule has 2 rings (SSSR count). The van der Waals surface area contributed by atoms with Crippen LogP contribution in [-0.4, -0.2) is 30.1 Å². The fraction of sp³-hybridized carbons (Fsp3) is 0.312. The maximum atomic E-state index is 6.05. The zero-order chi connectivity index (χ0) is 15.1. The van der Waals surface area contributed by atoms with Gasteiger partial charge in [-0.15, -0.1) is 0 Å². The Morgan fingerprint density at radius 2 is 1.90 bits per heavy atom. The highest BCUT2D eigenvalue weighted by Gasteiger charge is 2.04. The molecule has 1 aromatic heterocycles. The van der Waals surface area contributed by atoms with Crippen LogP contribution in [0.1, 0.15) is 12.0 Å². The summed E-state index contributed by atoms with van der Waals surface area (Å²) in [4.78, 5) is 6.28. The molecule has 0 N–H and O–H groups in total. The average Bonchev–Trinajstić information content (AvgIpc) is 2.48. The van der Waals surface area contributed by atoms with Gasteiger partial charge in [-0.3, -0.25) is 0 Å². The van der Waals surface area contributed by atoms with Gasteiger partial charge in [0.15, 0.2) is 0 Å². The maximum absolute atomic E-state index is 6.05. The van der Waals surface area contributed by atoms with Gasteiger partial charge >= 0.3 is 0 Å². The molecule has 112 valence electrons. The molecule has 0 amide bonds. The molecule has 0 unspecified atom stereocenters. The summed E-state index contributed by atoms with van der Waals surface area (Å²) in [7, 11) is 2.06. The van der Waals surface area contributed by atoms with E-state index in [1.54, 1.807) is 6.20 Å². The molecule has 0 saturated heterocycles. The first-order chi connectivity index (χ1) is 10.1. The van der Waals surface area contributed by atoms with Gasteiger partial charge in [0, 0.05) is 29.9 Å². The summed E-state index contributed by atoms with van der Waals surface area (Å²) in [5.74, 6) is 0.845. The van der Waals surface area contributed by atoms with Gasteiger partial charge in [0.1, 0.15) is 10.9 Å². The predicted molar refractivity (Wildman–Crippen MR) is 87.1 cm³/mol. The average molecular weight is 325 g/mol. The van der Waals surface area contributed by atoms with Gasteiger partial charge in [-0.05, 0) is 43.8 Å². The van der Waals surface area contributed by atoms with Crippen molar-refractivity contribution < 1.29 is 4.74 Å². The number of nitrogens with zero attached hydrogens (tertiary/aromatic N) is 2. The van der Waals surface area contributed by atoms with Gasteiger partial charge in [0.05, 0.1) is 6.61 Å². The van der Waals surface area contributed by atoms with E-state index < -0.39 is 0 Å². The van der Waals surface area contributed by atoms with Crippen LogP contribution in [0.3, 0.4) is 0 Å². The molecule has 0 atom stereocenters. The molecule has 0 saturated carbocycles. The molecule has 0 aliphatic heterocycles. The molecule has 0 bridgehead atoms. The summed E-state index contributed by atoms with van der Waals surface area (Å²) < 4.78 is 5.66. The fourth-order valence-electron chi connectivity index (χ4n) is 1.96. The number of benzene rings is 1. The van der Waals surface area contributed by atoms with Crippen LogP contribution in [0.5, 0.6) is 5.75 Å². The minimum absolute atomic E-state index is 0.571. The van der Waals surface area contributed by atoms with Gasteiger partial charge in [0.2, 0.25) is 0 Å². The molecule has 1 aromatic carbocycles. The molecular weight excluding hydrogens is 307 g/mol. The van der Waals surface area contributed by atoms with Crippen molar-refractivity contribution in [2.24, 2.45) is 0 Å². The first-order valence-electron chi connectivity index (χ1n) is 6.81. The van der Waals surface area contributed by atoms with E-state index in [0.717, 1.165) is 35.8 Å². The topological polar surface area (TPSA) is 25.4 Å². The van der Waals surface area contributed by atoms with Crippen molar-refractivity contribution in [3.05, 3.63) is 58.3 Å². The van der Waals surface area contributed by atoms with E-state index in [9.17, 15) is 0 Å². The molecule has 0 aliphatic carbocycles. The van der Waals surface area contributed by atoms with Crippen molar-refractivity contribution in [1.29, 1.82) is 0 Å². The van der Waals surface area contributed by atoms with E-state index in [-0.39, 0.29) is 0 Å². The number of aromatic nitrogens is 1. The van der Waals surface area contributed by atoms with Gasteiger partial charge < -0.3 is 9.64 Å². The van der Waals surface area contributed by atoms with Gasteiger partial charge in [0.25, 0.3) is 0 Å². The summed E-state index contributed by atoms with van der Waals surface area (Å²) in [6.07, 6.45) is 2.64. The SMILES string of the molecule is CN(CCCOc1ccc(Cl)cc1)Cc1cccnc1Cl. The Bertz CT molecular complexity index is 560. The Labute approximate surface area is 135 Å². The lowest BCUT2D eigenvalue weighted by molar-refractivity contribution is 0.258. The van der Waals surface area contributed by atoms with E-state index in [4.69, 9.17) is 27.9 Å². The van der Waals surface area contributed by atoms with Crippen molar-refractivity contribution in [1.82, 2.24) is 9.88 Å². The zero-order valence-corrected chi connectivity index (χ0v) is 13.4. The second-order valence-corrected chi connectivity index (χ2v) is 5.64. The molecule has 0 radical (unpaired) electrons. The molecule has 3 nitrogen and oxygen atoms in total. The number of hydrogen-bond acceptors (Lipinski definition) is 3. The van der Waals surface area contributed by atoms with E-state index >= 15 is 0 Å². The molecule has 5 heteroatoms. The van der Waals surface area contributed by atoms with Gasteiger partial charge in [-0.1, -0.05) is 29.3 Å². The summed E-state index contributed by atoms with van der Waals surface area (Å²) in [6, 6.07) is 11.3. The predicted octanol–water partition coefficient (Wildman–Crippen LogP) is 4.29. The van der Waals surface area contributed by atoms with Crippen molar-refractivity contribution in [2.75, 3.05) is 20.2 Å². The maximum Gasteiger partial charge on any atom is 0.133 e. The van der Waals surface area contributed by atoms with Gasteiger partial charge in [-0.2, -0.15) is 0 Å². The summed E-state index contributed by atoms with van der Waals surface area (Å²) in [6.45, 7) is 2.39. The standard InChI is InChI=1S/C16H18Cl2N2O/c1-20(12-13-4-2-9-19-16(13)18)10-3-11-21-15-7-5-14(17)6-8-15/h2,4-9H,3,10-12H2,1H3. The molecule has 21 heavy (non-hydrogen) atoms. The highest BCUT2D eigenvalue weighted by molar-refractivity contribution is 6.30. The van der Waals surface area contributed by atoms with E-state index in [0.29, 0.717) is 11.8 Å². The zero-order valence-electron chi connectivity index (χ0n) is 11.9. The van der Waals surface area contributed by atoms with Crippen LogP contribution >= 0.6 is 23.2 Å². The number of hydrogen-bond donors (Lipinski definition) is 0. The lowest BCUT2D eigenvalue weighted by Crippen LogP contribution is -2.21. The number of ether oxygens (including phenoxy) is 1. The van der Waals surface area contributed by atoms with Crippen LogP contribution in [0.25, 0.3) is 0 Å². The van der Waals surface area contributed by atoms with Crippen LogP contribution in [0.4, 0.5) is 0 Å². The fourth-order valence-corrected chi connectivity index (χ4v) is 2.27. The Hall–Kier alpha value is -1.29. The molecule has 0 fully saturated rings. The second kappa shape index (κ2) is 8.23. The van der Waals surface area contributed by atoms with Crippen LogP contribution in [0.15, 0.2) is 42.6 Å². The van der Waals surface area contributed by atoms with E-state index in [1.165, 1.54) is 0 Å². The third-order valence-corrected chi connectivity index (χ3v) is 3.64. The summed E-state index contributed by atoms with van der Waals surface area (Å²) in [5.41, 5.74) is 1.04. The molecule has 1 heterocycles. The molecule has 0 aliphatic rings. The Kier molecular flexibility index (Phi) is 6.30. The highest BCUT2D eigenvalue weighted by atomic mass is 35.5. The first-order valence-corrected chi connectivity index (χ1v) is 7.57. The van der Waals surface area contributed by atoms with Gasteiger partial charge in [-0.25, -0.2) is 4.98 Å². The Morgan fingerprint density at radius 1 is 1.14 bits per heavy atom. The minimum atomic E-state index is 0.571. The normalized spacial score (nSPS) is 10.9. The van der Waals surface area contributed by atoms with Crippen molar-refractivity contribution in [3.63, 3.8) is 0 Å². The third kappa shape index (κ3) is 5.54. The molecule has 2 aromatic rings. The van der Waals surface area contributed by atoms with E-state index in [2.05, 4.69) is 16.9 Å². The molecular formula is C16H18Cl2N2O. The Balaban J connectivity index is 1.68. The van der Waals surface area contributed by atoms with Crippen molar-refractivity contribution >= 4 is 23.2 Å². The largest absolute Gasteiger partial charge is 0.494 e. The summed E-state index contributed by atoms with van der Waals surface area (Å²) in [5, 5.41) is 1.29. The number of halogens is 2. The van der Waals surface area contributed by atoms with E-state index in [1.807, 2.05) is 36.4 Å². The van der Waals surface area contributed by atoms with Crippen LogP contribution in [0, 0.1) is 0 Å². The molecule has 0 spiro atoms. The van der Waals surface area contributed by atoms with Crippen molar-refractivity contribution in [2.45, 2.75) is 13.0 Å². The smallest absolute Gasteiger partial charge is 0.133 e. The monoisotopic (exact) mass is 324 g/mol. The first kappa shape index (κ1) is 16.1. The quantitative estimate of drug-likeness (QED) is 0.561. The van der Waals surface area contributed by atoms with Crippen LogP contribution < -0.4 is 4.74 Å². The Morgan fingerprint density at radius 3 is 2.62 bits per heavy atom. The second-order valence-electron chi connectivity index (χ2n) is 4.85. The lowest BCUT2D eigenvalue weighted by atomic mass is 10.2. The number of rotatable bonds is 7. The van der Waals surface area contributed by atoms with Crippen molar-refractivity contribution in [3.8, 4) is 5.75 Å². The third-order valence-electron chi connectivity index (χ3n) is 3.04. The van der Waals surface area contributed by atoms with Crippen LogP contribution in [-0.2, 0) is 6.54 Å². The number of pyridine rings is 1. The lowest BCUT2D eigenvalue weighted by Gasteiger charge is -2.17. The highest BCUT2D eigenvalue weighted by Crippen LogP contribution is 2.16. The van der Waals surface area contributed by atoms with Crippen LogP contribution in [0.2, 0.25) is 10.2 Å². The minimum Gasteiger partial charge on any atom is -0.494 e.